The first-order valence-corrected chi connectivity index (χ1v) is 5.79. The van der Waals surface area contributed by atoms with E-state index >= 15 is 0 Å². The Kier molecular flexibility index (Phi) is 5.42. The fraction of sp³-hybridized carbons (Fsp3) is 0.818. The first-order chi connectivity index (χ1) is 7.69. The molecule has 0 aliphatic heterocycles. The molecule has 1 aromatic rings. The van der Waals surface area contributed by atoms with Crippen molar-refractivity contribution >= 4 is 0 Å². The lowest BCUT2D eigenvalue weighted by Gasteiger charge is -2.21. The lowest BCUT2D eigenvalue weighted by molar-refractivity contribution is 0.0994. The molecule has 92 valence electrons. The van der Waals surface area contributed by atoms with Gasteiger partial charge in [0.1, 0.15) is 0 Å². The molecule has 0 aliphatic rings. The number of aryl methyl sites for hydroxylation is 1. The van der Waals surface area contributed by atoms with Crippen LogP contribution in [0, 0.1) is 0 Å². The Morgan fingerprint density at radius 3 is 2.81 bits per heavy atom. The topological polar surface area (TPSA) is 52.0 Å². The highest BCUT2D eigenvalue weighted by Gasteiger charge is 2.17. The third-order valence-electron chi connectivity index (χ3n) is 2.72. The normalized spacial score (nSPS) is 15.0. The Hall–Kier alpha value is -0.940. The van der Waals surface area contributed by atoms with E-state index in [9.17, 15) is 0 Å². The molecule has 2 atom stereocenters. The van der Waals surface area contributed by atoms with Gasteiger partial charge in [-0.15, -0.1) is 5.10 Å². The fourth-order valence-corrected chi connectivity index (χ4v) is 1.67. The van der Waals surface area contributed by atoms with Crippen molar-refractivity contribution in [3.05, 3.63) is 11.9 Å². The number of rotatable bonds is 7. The van der Waals surface area contributed by atoms with Gasteiger partial charge in [0.2, 0.25) is 0 Å². The summed E-state index contributed by atoms with van der Waals surface area (Å²) < 4.78 is 7.12. The predicted molar refractivity (Wildman–Crippen MR) is 63.1 cm³/mol. The molecule has 1 N–H and O–H groups in total. The van der Waals surface area contributed by atoms with Crippen molar-refractivity contribution in [3.8, 4) is 0 Å². The van der Waals surface area contributed by atoms with Crippen LogP contribution in [0.5, 0.6) is 0 Å². The summed E-state index contributed by atoms with van der Waals surface area (Å²) in [7, 11) is 3.66. The average Bonchev–Trinajstić information content (AvgIpc) is 2.70. The Balaban J connectivity index is 2.67. The van der Waals surface area contributed by atoms with Crippen LogP contribution in [0.4, 0.5) is 0 Å². The van der Waals surface area contributed by atoms with E-state index in [1.807, 2.05) is 17.9 Å². The zero-order valence-electron chi connectivity index (χ0n) is 10.6. The largest absolute Gasteiger partial charge is 0.382 e. The maximum atomic E-state index is 5.31. The van der Waals surface area contributed by atoms with E-state index in [2.05, 4.69) is 29.5 Å². The van der Waals surface area contributed by atoms with Crippen molar-refractivity contribution in [1.29, 1.82) is 0 Å². The summed E-state index contributed by atoms with van der Waals surface area (Å²) in [5, 5.41) is 11.4. The monoisotopic (exact) mass is 226 g/mol. The molecule has 1 heterocycles. The lowest BCUT2D eigenvalue weighted by atomic mass is 10.1. The summed E-state index contributed by atoms with van der Waals surface area (Å²) in [6.07, 6.45) is 4.08. The highest BCUT2D eigenvalue weighted by atomic mass is 16.5. The van der Waals surface area contributed by atoms with E-state index in [-0.39, 0.29) is 12.1 Å². The SMILES string of the molecule is CCCNC(CC(C)OC)c1cnnn1C. The van der Waals surface area contributed by atoms with Gasteiger partial charge in [0.25, 0.3) is 0 Å². The minimum Gasteiger partial charge on any atom is -0.382 e. The molecule has 5 nitrogen and oxygen atoms in total. The Morgan fingerprint density at radius 2 is 2.31 bits per heavy atom. The van der Waals surface area contributed by atoms with Gasteiger partial charge in [-0.25, -0.2) is 0 Å². The summed E-state index contributed by atoms with van der Waals surface area (Å²) in [4.78, 5) is 0. The average molecular weight is 226 g/mol. The lowest BCUT2D eigenvalue weighted by Crippen LogP contribution is -2.27. The first kappa shape index (κ1) is 13.1. The van der Waals surface area contributed by atoms with E-state index in [0.29, 0.717) is 0 Å². The molecule has 0 saturated heterocycles. The maximum Gasteiger partial charge on any atom is 0.0754 e. The zero-order chi connectivity index (χ0) is 12.0. The Morgan fingerprint density at radius 1 is 1.56 bits per heavy atom. The van der Waals surface area contributed by atoms with Crippen LogP contribution < -0.4 is 5.32 Å². The molecule has 0 saturated carbocycles. The number of hydrogen-bond donors (Lipinski definition) is 1. The highest BCUT2D eigenvalue weighted by molar-refractivity contribution is 5.02. The van der Waals surface area contributed by atoms with E-state index in [1.165, 1.54) is 0 Å². The molecular weight excluding hydrogens is 204 g/mol. The molecule has 0 radical (unpaired) electrons. The number of nitrogens with zero attached hydrogens (tertiary/aromatic N) is 3. The second-order valence-electron chi connectivity index (χ2n) is 4.07. The van der Waals surface area contributed by atoms with Crippen LogP contribution in [-0.4, -0.2) is 34.8 Å². The van der Waals surface area contributed by atoms with Crippen LogP contribution >= 0.6 is 0 Å². The van der Waals surface area contributed by atoms with Gasteiger partial charge < -0.3 is 10.1 Å². The maximum absolute atomic E-state index is 5.31. The minimum atomic E-state index is 0.226. The van der Waals surface area contributed by atoms with E-state index in [1.54, 1.807) is 7.11 Å². The summed E-state index contributed by atoms with van der Waals surface area (Å²) in [5.74, 6) is 0. The molecule has 2 unspecified atom stereocenters. The van der Waals surface area contributed by atoms with E-state index in [4.69, 9.17) is 4.74 Å². The molecular formula is C11H22N4O. The number of ether oxygens (including phenoxy) is 1. The standard InChI is InChI=1S/C11H22N4O/c1-5-6-12-10(7-9(2)16-4)11-8-13-14-15(11)3/h8-10,12H,5-7H2,1-4H3. The van der Waals surface area contributed by atoms with Crippen LogP contribution in [0.1, 0.15) is 38.4 Å². The number of hydrogen-bond acceptors (Lipinski definition) is 4. The van der Waals surface area contributed by atoms with Crippen molar-refractivity contribution in [2.75, 3.05) is 13.7 Å². The van der Waals surface area contributed by atoms with Gasteiger partial charge in [-0.3, -0.25) is 4.68 Å². The molecule has 0 amide bonds. The van der Waals surface area contributed by atoms with Gasteiger partial charge in [-0.1, -0.05) is 12.1 Å². The van der Waals surface area contributed by atoms with Crippen molar-refractivity contribution in [2.24, 2.45) is 7.05 Å². The van der Waals surface area contributed by atoms with Crippen LogP contribution in [0.15, 0.2) is 6.20 Å². The Bertz CT molecular complexity index is 300. The van der Waals surface area contributed by atoms with Crippen LogP contribution in [0.3, 0.4) is 0 Å². The van der Waals surface area contributed by atoms with E-state index in [0.717, 1.165) is 25.1 Å². The van der Waals surface area contributed by atoms with Crippen molar-refractivity contribution < 1.29 is 4.74 Å². The van der Waals surface area contributed by atoms with Gasteiger partial charge in [-0.2, -0.15) is 0 Å². The minimum absolute atomic E-state index is 0.226. The summed E-state index contributed by atoms with van der Waals surface area (Å²) in [6.45, 7) is 5.22. The van der Waals surface area contributed by atoms with Gasteiger partial charge in [0.15, 0.2) is 0 Å². The van der Waals surface area contributed by atoms with Gasteiger partial charge in [0.05, 0.1) is 24.0 Å². The van der Waals surface area contributed by atoms with Crippen LogP contribution in [0.25, 0.3) is 0 Å². The van der Waals surface area contributed by atoms with E-state index < -0.39 is 0 Å². The number of methoxy groups -OCH3 is 1. The first-order valence-electron chi connectivity index (χ1n) is 5.79. The predicted octanol–water partition coefficient (Wildman–Crippen LogP) is 1.28. The molecule has 1 rings (SSSR count). The van der Waals surface area contributed by atoms with Crippen molar-refractivity contribution in [3.63, 3.8) is 0 Å². The molecule has 0 aliphatic carbocycles. The smallest absolute Gasteiger partial charge is 0.0754 e. The zero-order valence-corrected chi connectivity index (χ0v) is 10.6. The summed E-state index contributed by atoms with van der Waals surface area (Å²) in [6, 6.07) is 0.259. The molecule has 5 heteroatoms. The Labute approximate surface area is 97.2 Å². The molecule has 0 aromatic carbocycles. The molecule has 0 spiro atoms. The van der Waals surface area contributed by atoms with Gasteiger partial charge in [0, 0.05) is 14.2 Å². The fourth-order valence-electron chi connectivity index (χ4n) is 1.67. The second kappa shape index (κ2) is 6.60. The molecule has 0 bridgehead atoms. The van der Waals surface area contributed by atoms with Gasteiger partial charge >= 0.3 is 0 Å². The van der Waals surface area contributed by atoms with Crippen molar-refractivity contribution in [2.45, 2.75) is 38.8 Å². The van der Waals surface area contributed by atoms with Gasteiger partial charge in [-0.05, 0) is 26.3 Å². The summed E-state index contributed by atoms with van der Waals surface area (Å²) >= 11 is 0. The second-order valence-corrected chi connectivity index (χ2v) is 4.07. The molecule has 1 aromatic heterocycles. The van der Waals surface area contributed by atoms with Crippen LogP contribution in [0.2, 0.25) is 0 Å². The molecule has 0 fully saturated rings. The third-order valence-corrected chi connectivity index (χ3v) is 2.72. The third kappa shape index (κ3) is 3.57. The summed E-state index contributed by atoms with van der Waals surface area (Å²) in [5.41, 5.74) is 1.11. The highest BCUT2D eigenvalue weighted by Crippen LogP contribution is 2.17. The molecule has 16 heavy (non-hydrogen) atoms. The van der Waals surface area contributed by atoms with Crippen LogP contribution in [-0.2, 0) is 11.8 Å². The quantitative estimate of drug-likeness (QED) is 0.761. The van der Waals surface area contributed by atoms with Crippen molar-refractivity contribution in [1.82, 2.24) is 20.3 Å². The number of aromatic nitrogens is 3. The number of nitrogens with one attached hydrogen (secondary N) is 1.